The number of carbonyl (C=O) groups is 1. The maximum absolute atomic E-state index is 12.8. The van der Waals surface area contributed by atoms with Crippen LogP contribution >= 0.6 is 0 Å². The van der Waals surface area contributed by atoms with Crippen LogP contribution in [0.25, 0.3) is 0 Å². The molecule has 0 atom stereocenters. The lowest BCUT2D eigenvalue weighted by molar-refractivity contribution is 0.0661. The molecule has 0 amide bonds. The molecule has 134 valence electrons. The third-order valence-electron chi connectivity index (χ3n) is 4.28. The van der Waals surface area contributed by atoms with Crippen molar-refractivity contribution in [1.82, 2.24) is 9.78 Å². The molecule has 0 radical (unpaired) electrons. The molecule has 1 N–H and O–H groups in total. The van der Waals surface area contributed by atoms with E-state index < -0.39 is 16.0 Å². The van der Waals surface area contributed by atoms with Gasteiger partial charge in [0, 0.05) is 26.5 Å². The second kappa shape index (κ2) is 6.85. The molecule has 1 saturated heterocycles. The van der Waals surface area contributed by atoms with Crippen LogP contribution < -0.4 is 4.31 Å². The molecule has 0 spiro atoms. The van der Waals surface area contributed by atoms with E-state index in [4.69, 9.17) is 9.84 Å². The van der Waals surface area contributed by atoms with Crippen molar-refractivity contribution in [2.75, 3.05) is 24.6 Å². The molecule has 25 heavy (non-hydrogen) atoms. The standard InChI is InChI=1S/C16H19N3O5S/c1-18(13-4-2-12(3-5-13)16(20)21)25(22,23)15-10-17-19(11-15)14-6-8-24-9-7-14/h2-5,10-11,14H,6-9H2,1H3,(H,20,21). The van der Waals surface area contributed by atoms with Crippen LogP contribution in [-0.4, -0.2) is 49.5 Å². The summed E-state index contributed by atoms with van der Waals surface area (Å²) in [7, 11) is -2.34. The summed E-state index contributed by atoms with van der Waals surface area (Å²) < 4.78 is 33.7. The Bertz CT molecular complexity index is 854. The lowest BCUT2D eigenvalue weighted by Gasteiger charge is -2.22. The van der Waals surface area contributed by atoms with Crippen LogP contribution in [0.1, 0.15) is 29.2 Å². The third kappa shape index (κ3) is 3.52. The van der Waals surface area contributed by atoms with Crippen LogP contribution in [0.4, 0.5) is 5.69 Å². The zero-order valence-corrected chi connectivity index (χ0v) is 14.5. The SMILES string of the molecule is CN(c1ccc(C(=O)O)cc1)S(=O)(=O)c1cnn(C2CCOCC2)c1. The molecule has 1 aliphatic heterocycles. The lowest BCUT2D eigenvalue weighted by atomic mass is 10.1. The van der Waals surface area contributed by atoms with Gasteiger partial charge in [-0.05, 0) is 37.1 Å². The van der Waals surface area contributed by atoms with Crippen LogP contribution in [0, 0.1) is 0 Å². The molecule has 2 heterocycles. The summed E-state index contributed by atoms with van der Waals surface area (Å²) in [5, 5.41) is 13.1. The summed E-state index contributed by atoms with van der Waals surface area (Å²) in [4.78, 5) is 11.0. The van der Waals surface area contributed by atoms with E-state index in [2.05, 4.69) is 5.10 Å². The van der Waals surface area contributed by atoms with Crippen molar-refractivity contribution in [2.24, 2.45) is 0 Å². The van der Waals surface area contributed by atoms with E-state index in [-0.39, 0.29) is 16.5 Å². The van der Waals surface area contributed by atoms with Crippen molar-refractivity contribution in [2.45, 2.75) is 23.8 Å². The van der Waals surface area contributed by atoms with Crippen molar-refractivity contribution >= 4 is 21.7 Å². The molecule has 1 aromatic heterocycles. The van der Waals surface area contributed by atoms with Gasteiger partial charge < -0.3 is 9.84 Å². The van der Waals surface area contributed by atoms with E-state index >= 15 is 0 Å². The van der Waals surface area contributed by atoms with Gasteiger partial charge >= 0.3 is 5.97 Å². The molecule has 0 saturated carbocycles. The minimum absolute atomic E-state index is 0.0990. The number of carboxylic acids is 1. The van der Waals surface area contributed by atoms with Gasteiger partial charge in [-0.2, -0.15) is 5.10 Å². The fraction of sp³-hybridized carbons (Fsp3) is 0.375. The first-order valence-electron chi connectivity index (χ1n) is 7.84. The zero-order chi connectivity index (χ0) is 18.0. The van der Waals surface area contributed by atoms with Crippen molar-refractivity contribution in [1.29, 1.82) is 0 Å². The number of aromatic nitrogens is 2. The van der Waals surface area contributed by atoms with Gasteiger partial charge in [0.1, 0.15) is 4.90 Å². The van der Waals surface area contributed by atoms with E-state index in [9.17, 15) is 13.2 Å². The van der Waals surface area contributed by atoms with Crippen LogP contribution in [-0.2, 0) is 14.8 Å². The zero-order valence-electron chi connectivity index (χ0n) is 13.7. The molecule has 2 aromatic rings. The number of anilines is 1. The van der Waals surface area contributed by atoms with Gasteiger partial charge in [-0.25, -0.2) is 13.2 Å². The monoisotopic (exact) mass is 365 g/mol. The summed E-state index contributed by atoms with van der Waals surface area (Å²) >= 11 is 0. The van der Waals surface area contributed by atoms with Crippen LogP contribution in [0.2, 0.25) is 0 Å². The number of sulfonamides is 1. The highest BCUT2D eigenvalue weighted by Crippen LogP contribution is 2.25. The maximum atomic E-state index is 12.8. The third-order valence-corrected chi connectivity index (χ3v) is 6.02. The summed E-state index contributed by atoms with van der Waals surface area (Å²) in [5.41, 5.74) is 0.478. The Hall–Kier alpha value is -2.39. The Labute approximate surface area is 145 Å². The number of rotatable bonds is 5. The van der Waals surface area contributed by atoms with Crippen molar-refractivity contribution in [3.05, 3.63) is 42.2 Å². The second-order valence-corrected chi connectivity index (χ2v) is 7.79. The van der Waals surface area contributed by atoms with Crippen molar-refractivity contribution < 1.29 is 23.1 Å². The van der Waals surface area contributed by atoms with E-state index in [1.54, 1.807) is 4.68 Å². The minimum atomic E-state index is -3.77. The first kappa shape index (κ1) is 17.4. The van der Waals surface area contributed by atoms with Crippen LogP contribution in [0.5, 0.6) is 0 Å². The van der Waals surface area contributed by atoms with Gasteiger partial charge in [0.05, 0.1) is 23.5 Å². The average molecular weight is 365 g/mol. The Morgan fingerprint density at radius 2 is 1.92 bits per heavy atom. The largest absolute Gasteiger partial charge is 0.478 e. The molecule has 9 heteroatoms. The van der Waals surface area contributed by atoms with Gasteiger partial charge in [0.25, 0.3) is 10.0 Å². The van der Waals surface area contributed by atoms with E-state index in [1.165, 1.54) is 43.7 Å². The van der Waals surface area contributed by atoms with Gasteiger partial charge in [-0.1, -0.05) is 0 Å². The van der Waals surface area contributed by atoms with Gasteiger partial charge in [0.15, 0.2) is 0 Å². The average Bonchev–Trinajstić information content (AvgIpc) is 3.13. The molecular formula is C16H19N3O5S. The lowest BCUT2D eigenvalue weighted by Crippen LogP contribution is -2.26. The second-order valence-electron chi connectivity index (χ2n) is 5.82. The Kier molecular flexibility index (Phi) is 4.78. The first-order chi connectivity index (χ1) is 11.9. The highest BCUT2D eigenvalue weighted by Gasteiger charge is 2.25. The number of nitrogens with zero attached hydrogens (tertiary/aromatic N) is 3. The Morgan fingerprint density at radius 1 is 1.28 bits per heavy atom. The summed E-state index contributed by atoms with van der Waals surface area (Å²) in [6.07, 6.45) is 4.47. The van der Waals surface area contributed by atoms with Crippen LogP contribution in [0.3, 0.4) is 0 Å². The fourth-order valence-electron chi connectivity index (χ4n) is 2.71. The quantitative estimate of drug-likeness (QED) is 0.866. The number of ether oxygens (including phenoxy) is 1. The highest BCUT2D eigenvalue weighted by atomic mass is 32.2. The predicted molar refractivity (Wildman–Crippen MR) is 90.3 cm³/mol. The summed E-state index contributed by atoms with van der Waals surface area (Å²) in [6, 6.07) is 5.80. The molecular weight excluding hydrogens is 346 g/mol. The number of hydrogen-bond donors (Lipinski definition) is 1. The molecule has 3 rings (SSSR count). The van der Waals surface area contributed by atoms with E-state index in [0.717, 1.165) is 17.1 Å². The maximum Gasteiger partial charge on any atom is 0.335 e. The molecule has 0 unspecified atom stereocenters. The number of aromatic carboxylic acids is 1. The van der Waals surface area contributed by atoms with Gasteiger partial charge in [0.2, 0.25) is 0 Å². The topological polar surface area (TPSA) is 102 Å². The Morgan fingerprint density at radius 3 is 2.52 bits per heavy atom. The summed E-state index contributed by atoms with van der Waals surface area (Å²) in [6.45, 7) is 1.28. The molecule has 8 nitrogen and oxygen atoms in total. The van der Waals surface area contributed by atoms with E-state index in [0.29, 0.717) is 18.9 Å². The molecule has 1 fully saturated rings. The predicted octanol–water partition coefficient (Wildman–Crippen LogP) is 1.76. The molecule has 1 aromatic carbocycles. The van der Waals surface area contributed by atoms with Crippen LogP contribution in [0.15, 0.2) is 41.6 Å². The molecule has 0 aliphatic carbocycles. The smallest absolute Gasteiger partial charge is 0.335 e. The molecule has 0 bridgehead atoms. The number of carboxylic acid groups (broad SMARTS) is 1. The summed E-state index contributed by atoms with van der Waals surface area (Å²) in [5.74, 6) is -1.06. The Balaban J connectivity index is 1.82. The first-order valence-corrected chi connectivity index (χ1v) is 9.28. The fourth-order valence-corrected chi connectivity index (χ4v) is 3.85. The minimum Gasteiger partial charge on any atom is -0.478 e. The van der Waals surface area contributed by atoms with E-state index in [1.807, 2.05) is 0 Å². The van der Waals surface area contributed by atoms with Crippen molar-refractivity contribution in [3.8, 4) is 0 Å². The number of benzene rings is 1. The normalized spacial score (nSPS) is 15.9. The van der Waals surface area contributed by atoms with Gasteiger partial charge in [-0.15, -0.1) is 0 Å². The number of hydrogen-bond acceptors (Lipinski definition) is 5. The van der Waals surface area contributed by atoms with Gasteiger partial charge in [-0.3, -0.25) is 8.99 Å². The highest BCUT2D eigenvalue weighted by molar-refractivity contribution is 7.92. The van der Waals surface area contributed by atoms with Crippen molar-refractivity contribution in [3.63, 3.8) is 0 Å². The molecule has 1 aliphatic rings.